The highest BCUT2D eigenvalue weighted by Crippen LogP contribution is 2.34. The molecule has 1 aliphatic heterocycles. The Morgan fingerprint density at radius 2 is 1.89 bits per heavy atom. The lowest BCUT2D eigenvalue weighted by Crippen LogP contribution is -2.29. The number of aromatic hydroxyl groups is 1. The van der Waals surface area contributed by atoms with E-state index in [9.17, 15) is 9.90 Å². The summed E-state index contributed by atoms with van der Waals surface area (Å²) in [5.41, 5.74) is 2.75. The summed E-state index contributed by atoms with van der Waals surface area (Å²) in [4.78, 5) is 19.6. The van der Waals surface area contributed by atoms with E-state index in [0.717, 1.165) is 11.1 Å². The molecule has 0 unspecified atom stereocenters. The number of amides is 1. The van der Waals surface area contributed by atoms with Crippen LogP contribution < -0.4 is 0 Å². The topological polar surface area (TPSA) is 52.9 Å². The Morgan fingerprint density at radius 1 is 1.19 bits per heavy atom. The number of carbonyl (C=O) groups is 1. The summed E-state index contributed by atoms with van der Waals surface area (Å²) in [5, 5.41) is 10.0. The second-order valence-corrected chi connectivity index (χ2v) is 7.03. The molecule has 0 atom stereocenters. The predicted molar refractivity (Wildman–Crippen MR) is 113 cm³/mol. The maximum absolute atomic E-state index is 12.8. The third-order valence-electron chi connectivity index (χ3n) is 3.83. The largest absolute Gasteiger partial charge is 0.508 e. The van der Waals surface area contributed by atoms with Crippen LogP contribution in [0, 0.1) is 0 Å². The van der Waals surface area contributed by atoms with Crippen LogP contribution in [0.5, 0.6) is 5.75 Å². The van der Waals surface area contributed by atoms with Gasteiger partial charge in [0.05, 0.1) is 10.6 Å². The quantitative estimate of drug-likeness (QED) is 0.581. The molecule has 1 fully saturated rings. The van der Waals surface area contributed by atoms with E-state index in [-0.39, 0.29) is 11.7 Å². The Hall–Kier alpha value is -3.05. The van der Waals surface area contributed by atoms with Gasteiger partial charge in [-0.2, -0.15) is 0 Å². The SMILES string of the molecule is C=CCN1C(=O)/C(=C/C(C)=C/c2ccccc2)SC1=Nc1ccc(O)cc1. The van der Waals surface area contributed by atoms with E-state index in [1.54, 1.807) is 35.2 Å². The molecule has 3 rings (SSSR count). The van der Waals surface area contributed by atoms with Crippen molar-refractivity contribution in [3.63, 3.8) is 0 Å². The molecule has 0 aromatic heterocycles. The van der Waals surface area contributed by atoms with Crippen molar-refractivity contribution in [2.24, 2.45) is 4.99 Å². The number of amidine groups is 1. The van der Waals surface area contributed by atoms with Crippen molar-refractivity contribution in [1.29, 1.82) is 0 Å². The summed E-state index contributed by atoms with van der Waals surface area (Å²) in [6.07, 6.45) is 5.60. The van der Waals surface area contributed by atoms with E-state index in [0.29, 0.717) is 22.3 Å². The average molecular weight is 376 g/mol. The minimum atomic E-state index is -0.0850. The molecular formula is C22H20N2O2S. The van der Waals surface area contributed by atoms with Crippen LogP contribution in [0.15, 0.2) is 88.8 Å². The summed E-state index contributed by atoms with van der Waals surface area (Å²) < 4.78 is 0. The normalized spacial score (nSPS) is 17.7. The fraction of sp³-hybridized carbons (Fsp3) is 0.0909. The van der Waals surface area contributed by atoms with Crippen LogP contribution in [-0.4, -0.2) is 27.6 Å². The third kappa shape index (κ3) is 4.77. The lowest BCUT2D eigenvalue weighted by Gasteiger charge is -2.12. The van der Waals surface area contributed by atoms with Gasteiger partial charge in [0, 0.05) is 6.54 Å². The molecule has 1 aliphatic rings. The number of rotatable bonds is 5. The highest BCUT2D eigenvalue weighted by molar-refractivity contribution is 8.18. The number of phenols is 1. The van der Waals surface area contributed by atoms with Crippen LogP contribution in [0.2, 0.25) is 0 Å². The van der Waals surface area contributed by atoms with Crippen LogP contribution in [0.1, 0.15) is 12.5 Å². The number of nitrogens with zero attached hydrogens (tertiary/aromatic N) is 2. The van der Waals surface area contributed by atoms with Crippen molar-refractivity contribution < 1.29 is 9.90 Å². The molecule has 4 nitrogen and oxygen atoms in total. The molecule has 1 amide bonds. The fourth-order valence-electron chi connectivity index (χ4n) is 2.58. The first-order valence-electron chi connectivity index (χ1n) is 8.50. The number of aliphatic imine (C=N–C) groups is 1. The molecule has 0 saturated carbocycles. The van der Waals surface area contributed by atoms with Gasteiger partial charge in [-0.1, -0.05) is 42.5 Å². The van der Waals surface area contributed by atoms with Crippen molar-refractivity contribution in [1.82, 2.24) is 4.90 Å². The Balaban J connectivity index is 1.89. The maximum Gasteiger partial charge on any atom is 0.267 e. The van der Waals surface area contributed by atoms with Crippen molar-refractivity contribution in [3.05, 3.63) is 89.4 Å². The molecule has 2 aromatic rings. The van der Waals surface area contributed by atoms with Gasteiger partial charge in [0.1, 0.15) is 5.75 Å². The molecule has 0 spiro atoms. The lowest BCUT2D eigenvalue weighted by atomic mass is 10.1. The zero-order valence-corrected chi connectivity index (χ0v) is 15.8. The first-order chi connectivity index (χ1) is 13.1. The van der Waals surface area contributed by atoms with Crippen LogP contribution >= 0.6 is 11.8 Å². The summed E-state index contributed by atoms with van der Waals surface area (Å²) in [7, 11) is 0. The van der Waals surface area contributed by atoms with E-state index in [2.05, 4.69) is 11.6 Å². The smallest absolute Gasteiger partial charge is 0.267 e. The van der Waals surface area contributed by atoms with Gasteiger partial charge in [-0.05, 0) is 60.2 Å². The van der Waals surface area contributed by atoms with Gasteiger partial charge in [0.2, 0.25) is 0 Å². The highest BCUT2D eigenvalue weighted by Gasteiger charge is 2.32. The fourth-order valence-corrected chi connectivity index (χ4v) is 3.64. The molecule has 0 aliphatic carbocycles. The summed E-state index contributed by atoms with van der Waals surface area (Å²) in [6.45, 7) is 6.09. The first-order valence-corrected chi connectivity index (χ1v) is 9.32. The highest BCUT2D eigenvalue weighted by atomic mass is 32.2. The van der Waals surface area contributed by atoms with E-state index >= 15 is 0 Å². The number of hydrogen-bond acceptors (Lipinski definition) is 4. The summed E-state index contributed by atoms with van der Waals surface area (Å²) in [6, 6.07) is 16.5. The van der Waals surface area contributed by atoms with Crippen LogP contribution in [0.25, 0.3) is 6.08 Å². The molecule has 2 aromatic carbocycles. The van der Waals surface area contributed by atoms with Crippen molar-refractivity contribution in [2.45, 2.75) is 6.92 Å². The summed E-state index contributed by atoms with van der Waals surface area (Å²) in [5.74, 6) is 0.0950. The van der Waals surface area contributed by atoms with Gasteiger partial charge in [0.15, 0.2) is 5.17 Å². The molecular weight excluding hydrogens is 356 g/mol. The number of phenolic OH excluding ortho intramolecular Hbond substituents is 1. The lowest BCUT2D eigenvalue weighted by molar-refractivity contribution is -0.121. The number of thioether (sulfide) groups is 1. The Morgan fingerprint density at radius 3 is 2.56 bits per heavy atom. The van der Waals surface area contributed by atoms with E-state index in [4.69, 9.17) is 0 Å². The van der Waals surface area contributed by atoms with Crippen molar-refractivity contribution in [2.75, 3.05) is 6.54 Å². The maximum atomic E-state index is 12.8. The molecule has 0 bridgehead atoms. The molecule has 1 saturated heterocycles. The molecule has 27 heavy (non-hydrogen) atoms. The number of carbonyl (C=O) groups excluding carboxylic acids is 1. The van der Waals surface area contributed by atoms with Crippen LogP contribution in [-0.2, 0) is 4.79 Å². The summed E-state index contributed by atoms with van der Waals surface area (Å²) >= 11 is 1.34. The molecule has 5 heteroatoms. The van der Waals surface area contributed by atoms with Gasteiger partial charge in [-0.3, -0.25) is 9.69 Å². The standard InChI is InChI=1S/C22H20N2O2S/c1-3-13-24-21(26)20(15-16(2)14-17-7-5-4-6-8-17)27-22(24)23-18-9-11-19(25)12-10-18/h3-12,14-15,25H,1,13H2,2H3/b16-14+,20-15-,23-22?. The van der Waals surface area contributed by atoms with Crippen LogP contribution in [0.3, 0.4) is 0 Å². The minimum Gasteiger partial charge on any atom is -0.508 e. The first kappa shape index (κ1) is 18.7. The van der Waals surface area contributed by atoms with Crippen LogP contribution in [0.4, 0.5) is 5.69 Å². The number of benzene rings is 2. The number of hydrogen-bond donors (Lipinski definition) is 1. The second-order valence-electron chi connectivity index (χ2n) is 6.02. The number of allylic oxidation sites excluding steroid dienone is 2. The molecule has 0 radical (unpaired) electrons. The zero-order valence-electron chi connectivity index (χ0n) is 15.0. The monoisotopic (exact) mass is 376 g/mol. The molecule has 136 valence electrons. The third-order valence-corrected chi connectivity index (χ3v) is 4.83. The molecule has 1 N–H and O–H groups in total. The van der Waals surface area contributed by atoms with E-state index in [1.165, 1.54) is 11.8 Å². The van der Waals surface area contributed by atoms with E-state index < -0.39 is 0 Å². The predicted octanol–water partition coefficient (Wildman–Crippen LogP) is 5.13. The minimum absolute atomic E-state index is 0.0850. The van der Waals surface area contributed by atoms with Crippen molar-refractivity contribution >= 4 is 34.6 Å². The second kappa shape index (κ2) is 8.56. The van der Waals surface area contributed by atoms with Gasteiger partial charge in [-0.15, -0.1) is 6.58 Å². The Kier molecular flexibility index (Phi) is 5.94. The van der Waals surface area contributed by atoms with Gasteiger partial charge < -0.3 is 5.11 Å². The average Bonchev–Trinajstić information content (AvgIpc) is 2.93. The Labute approximate surface area is 163 Å². The van der Waals surface area contributed by atoms with Crippen molar-refractivity contribution in [3.8, 4) is 5.75 Å². The van der Waals surface area contributed by atoms with Gasteiger partial charge >= 0.3 is 0 Å². The van der Waals surface area contributed by atoms with E-state index in [1.807, 2.05) is 49.4 Å². The Bertz CT molecular complexity index is 929. The zero-order chi connectivity index (χ0) is 19.2. The van der Waals surface area contributed by atoms with Gasteiger partial charge in [-0.25, -0.2) is 4.99 Å². The molecule has 1 heterocycles. The van der Waals surface area contributed by atoms with Gasteiger partial charge in [0.25, 0.3) is 5.91 Å².